The zero-order chi connectivity index (χ0) is 24.3. The third-order valence-corrected chi connectivity index (χ3v) is 4.84. The Kier molecular flexibility index (Phi) is 6.94. The number of hydrogen-bond donors (Lipinski definition) is 1. The van der Waals surface area contributed by atoms with Gasteiger partial charge in [0.15, 0.2) is 11.7 Å². The number of nitrogens with zero attached hydrogens (tertiary/aromatic N) is 5. The van der Waals surface area contributed by atoms with Crippen molar-refractivity contribution in [3.63, 3.8) is 0 Å². The summed E-state index contributed by atoms with van der Waals surface area (Å²) in [6.07, 6.45) is 1.21. The van der Waals surface area contributed by atoms with Crippen LogP contribution in [-0.2, 0) is 0 Å². The van der Waals surface area contributed by atoms with Crippen molar-refractivity contribution in [1.29, 1.82) is 0 Å². The minimum atomic E-state index is -4.78. The van der Waals surface area contributed by atoms with Crippen LogP contribution in [-0.4, -0.2) is 63.3 Å². The summed E-state index contributed by atoms with van der Waals surface area (Å²) < 4.78 is 54.9. The fourth-order valence-corrected chi connectivity index (χ4v) is 3.42. The van der Waals surface area contributed by atoms with Gasteiger partial charge in [-0.2, -0.15) is 13.2 Å². The molecule has 3 heterocycles. The zero-order valence-electron chi connectivity index (χ0n) is 18.8. The van der Waals surface area contributed by atoms with E-state index in [1.165, 1.54) is 33.4 Å². The third-order valence-electron chi connectivity index (χ3n) is 4.84. The molecular formula is C21H25F3N6O3. The van der Waals surface area contributed by atoms with Gasteiger partial charge in [0.2, 0.25) is 0 Å². The number of imidazole rings is 1. The van der Waals surface area contributed by atoms with Crippen LogP contribution in [0.4, 0.5) is 18.0 Å². The summed E-state index contributed by atoms with van der Waals surface area (Å²) >= 11 is 0. The summed E-state index contributed by atoms with van der Waals surface area (Å²) in [5, 5.41) is 2.51. The number of aromatic nitrogens is 4. The quantitative estimate of drug-likeness (QED) is 0.569. The largest absolute Gasteiger partial charge is 0.494 e. The molecule has 0 bridgehead atoms. The molecule has 178 valence electrons. The minimum absolute atomic E-state index is 0.182. The normalized spacial score (nSPS) is 12.6. The Morgan fingerprint density at radius 3 is 2.55 bits per heavy atom. The topological polar surface area (TPSA) is 93.9 Å². The van der Waals surface area contributed by atoms with E-state index in [1.54, 1.807) is 36.8 Å². The summed E-state index contributed by atoms with van der Waals surface area (Å²) in [4.78, 5) is 25.8. The first-order chi connectivity index (χ1) is 15.6. The standard InChI is InChI=1S/C21H25F3N6O3/c1-6-30(20(31)27-12(2)3)17(21(22,23)24)14-9-13(16(32-4)10-26-14)15-11-29-8-7-25-18(29)19(28-15)33-5/h7-12,17H,6H2,1-5H3,(H,27,31). The minimum Gasteiger partial charge on any atom is -0.494 e. The lowest BCUT2D eigenvalue weighted by molar-refractivity contribution is -0.179. The van der Waals surface area contributed by atoms with Crippen molar-refractivity contribution in [1.82, 2.24) is 29.6 Å². The molecule has 0 radical (unpaired) electrons. The van der Waals surface area contributed by atoms with Crippen LogP contribution in [0.2, 0.25) is 0 Å². The van der Waals surface area contributed by atoms with E-state index in [2.05, 4.69) is 20.3 Å². The van der Waals surface area contributed by atoms with Crippen molar-refractivity contribution in [2.45, 2.75) is 39.0 Å². The molecule has 3 aromatic rings. The van der Waals surface area contributed by atoms with Crippen molar-refractivity contribution in [2.75, 3.05) is 20.8 Å². The monoisotopic (exact) mass is 466 g/mol. The van der Waals surface area contributed by atoms with Crippen molar-refractivity contribution >= 4 is 11.7 Å². The number of halogens is 3. The van der Waals surface area contributed by atoms with Gasteiger partial charge in [0.05, 0.1) is 31.8 Å². The zero-order valence-corrected chi connectivity index (χ0v) is 18.8. The molecule has 0 aliphatic rings. The van der Waals surface area contributed by atoms with E-state index in [4.69, 9.17) is 9.47 Å². The maximum absolute atomic E-state index is 14.2. The van der Waals surface area contributed by atoms with Gasteiger partial charge in [-0.15, -0.1) is 0 Å². The van der Waals surface area contributed by atoms with Gasteiger partial charge < -0.3 is 24.1 Å². The van der Waals surface area contributed by atoms with Crippen LogP contribution in [0.5, 0.6) is 11.6 Å². The first-order valence-electron chi connectivity index (χ1n) is 10.2. The smallest absolute Gasteiger partial charge is 0.414 e. The fraction of sp³-hybridized carbons (Fsp3) is 0.429. The Morgan fingerprint density at radius 1 is 1.24 bits per heavy atom. The first kappa shape index (κ1) is 24.1. The number of alkyl halides is 3. The average molecular weight is 466 g/mol. The summed E-state index contributed by atoms with van der Waals surface area (Å²) in [5.41, 5.74) is 0.621. The molecular weight excluding hydrogens is 441 g/mol. The molecule has 2 amide bonds. The van der Waals surface area contributed by atoms with E-state index in [9.17, 15) is 18.0 Å². The van der Waals surface area contributed by atoms with Gasteiger partial charge in [-0.3, -0.25) is 4.98 Å². The SMILES string of the molecule is CCN(C(=O)NC(C)C)C(c1cc(-c2cn3ccnc3c(OC)n2)c(OC)cn1)C(F)(F)F. The van der Waals surface area contributed by atoms with Gasteiger partial charge in [-0.25, -0.2) is 14.8 Å². The summed E-state index contributed by atoms with van der Waals surface area (Å²) in [6, 6.07) is -2.22. The van der Waals surface area contributed by atoms with E-state index >= 15 is 0 Å². The van der Waals surface area contributed by atoms with Gasteiger partial charge >= 0.3 is 12.2 Å². The molecule has 0 aliphatic heterocycles. The van der Waals surface area contributed by atoms with Gasteiger partial charge in [0.25, 0.3) is 5.88 Å². The van der Waals surface area contributed by atoms with E-state index < -0.39 is 18.2 Å². The van der Waals surface area contributed by atoms with Gasteiger partial charge in [-0.05, 0) is 26.8 Å². The number of ether oxygens (including phenoxy) is 2. The van der Waals surface area contributed by atoms with E-state index in [0.717, 1.165) is 0 Å². The number of carbonyl (C=O) groups is 1. The molecule has 0 aliphatic carbocycles. The van der Waals surface area contributed by atoms with Crippen molar-refractivity contribution in [3.05, 3.63) is 36.5 Å². The number of hydrogen-bond acceptors (Lipinski definition) is 6. The molecule has 3 rings (SSSR count). The molecule has 9 nitrogen and oxygen atoms in total. The van der Waals surface area contributed by atoms with Crippen LogP contribution in [0.1, 0.15) is 32.5 Å². The van der Waals surface area contributed by atoms with Crippen LogP contribution < -0.4 is 14.8 Å². The van der Waals surface area contributed by atoms with Crippen LogP contribution in [0.3, 0.4) is 0 Å². The number of methoxy groups -OCH3 is 2. The second kappa shape index (κ2) is 9.51. The lowest BCUT2D eigenvalue weighted by atomic mass is 10.1. The Hall–Kier alpha value is -3.57. The molecule has 12 heteroatoms. The van der Waals surface area contributed by atoms with Crippen molar-refractivity contribution in [3.8, 4) is 22.9 Å². The number of fused-ring (bicyclic) bond motifs is 1. The van der Waals surface area contributed by atoms with E-state index in [1.807, 2.05) is 0 Å². The highest BCUT2D eigenvalue weighted by Gasteiger charge is 2.47. The molecule has 3 aromatic heterocycles. The molecule has 1 N–H and O–H groups in total. The summed E-state index contributed by atoms with van der Waals surface area (Å²) in [5.74, 6) is 0.403. The fourth-order valence-electron chi connectivity index (χ4n) is 3.42. The average Bonchev–Trinajstić information content (AvgIpc) is 3.23. The molecule has 0 saturated heterocycles. The first-order valence-corrected chi connectivity index (χ1v) is 10.2. The Bertz CT molecular complexity index is 1130. The third kappa shape index (κ3) is 4.94. The summed E-state index contributed by atoms with van der Waals surface area (Å²) in [7, 11) is 2.80. The van der Waals surface area contributed by atoms with Crippen LogP contribution in [0, 0.1) is 0 Å². The lowest BCUT2D eigenvalue weighted by Crippen LogP contribution is -2.49. The number of pyridine rings is 1. The molecule has 0 spiro atoms. The predicted molar refractivity (Wildman–Crippen MR) is 114 cm³/mol. The maximum Gasteiger partial charge on any atom is 0.414 e. The Labute approximate surface area is 188 Å². The Balaban J connectivity index is 2.17. The summed E-state index contributed by atoms with van der Waals surface area (Å²) in [6.45, 7) is 4.63. The molecule has 0 aromatic carbocycles. The second-order valence-corrected chi connectivity index (χ2v) is 7.44. The highest BCUT2D eigenvalue weighted by molar-refractivity contribution is 5.75. The van der Waals surface area contributed by atoms with Crippen molar-refractivity contribution in [2.24, 2.45) is 0 Å². The van der Waals surface area contributed by atoms with Crippen LogP contribution in [0.25, 0.3) is 16.9 Å². The van der Waals surface area contributed by atoms with Crippen LogP contribution in [0.15, 0.2) is 30.9 Å². The van der Waals surface area contributed by atoms with Gasteiger partial charge in [0.1, 0.15) is 5.75 Å². The number of nitrogens with one attached hydrogen (secondary N) is 1. The molecule has 0 fully saturated rings. The van der Waals surface area contributed by atoms with Crippen molar-refractivity contribution < 1.29 is 27.4 Å². The highest BCUT2D eigenvalue weighted by Crippen LogP contribution is 2.40. The second-order valence-electron chi connectivity index (χ2n) is 7.44. The number of carbonyl (C=O) groups excluding carboxylic acids is 1. The maximum atomic E-state index is 14.2. The van der Waals surface area contributed by atoms with Gasteiger partial charge in [-0.1, -0.05) is 0 Å². The van der Waals surface area contributed by atoms with E-state index in [-0.39, 0.29) is 41.2 Å². The molecule has 1 unspecified atom stereocenters. The predicted octanol–water partition coefficient (Wildman–Crippen LogP) is 3.85. The lowest BCUT2D eigenvalue weighted by Gasteiger charge is -2.32. The molecule has 1 atom stereocenters. The number of rotatable bonds is 7. The Morgan fingerprint density at radius 2 is 1.97 bits per heavy atom. The van der Waals surface area contributed by atoms with E-state index in [0.29, 0.717) is 10.5 Å². The van der Waals surface area contributed by atoms with Crippen LogP contribution >= 0.6 is 0 Å². The van der Waals surface area contributed by atoms with Gasteiger partial charge in [0, 0.05) is 36.7 Å². The molecule has 0 saturated carbocycles. The number of urea groups is 1. The highest BCUT2D eigenvalue weighted by atomic mass is 19.4. The molecule has 33 heavy (non-hydrogen) atoms. The number of amides is 2.